The highest BCUT2D eigenvalue weighted by Gasteiger charge is 2.33. The number of carboxylic acids is 2. The molecule has 5 unspecified atom stereocenters. The molecule has 0 saturated carbocycles. The van der Waals surface area contributed by atoms with Crippen LogP contribution in [0.5, 0.6) is 0 Å². The van der Waals surface area contributed by atoms with Crippen LogP contribution in [0.2, 0.25) is 0 Å². The van der Waals surface area contributed by atoms with Gasteiger partial charge in [-0.3, -0.25) is 24.0 Å². The fraction of sp³-hybridized carbons (Fsp3) is 0.714. The molecule has 0 aliphatic heterocycles. The Morgan fingerprint density at radius 3 is 1.85 bits per heavy atom. The zero-order chi connectivity index (χ0) is 26.6. The molecule has 0 rings (SSSR count). The third kappa shape index (κ3) is 11.6. The molecule has 0 aromatic rings. The van der Waals surface area contributed by atoms with E-state index < -0.39 is 78.5 Å². The average molecular weight is 488 g/mol. The van der Waals surface area contributed by atoms with E-state index in [2.05, 4.69) is 16.0 Å². The molecule has 0 bridgehead atoms. The summed E-state index contributed by atoms with van der Waals surface area (Å²) in [6.45, 7) is 7.09. The van der Waals surface area contributed by atoms with Crippen LogP contribution >= 0.6 is 0 Å². The van der Waals surface area contributed by atoms with E-state index in [1.54, 1.807) is 13.8 Å². The van der Waals surface area contributed by atoms with Crippen molar-refractivity contribution in [2.45, 2.75) is 84.0 Å². The molecule has 9 N–H and O–H groups in total. The number of carbonyl (C=O) groups excluding carboxylic acids is 4. The normalized spacial score (nSPS) is 15.4. The molecule has 13 nitrogen and oxygen atoms in total. The summed E-state index contributed by atoms with van der Waals surface area (Å²) in [4.78, 5) is 71.7. The first-order chi connectivity index (χ1) is 15.7. The summed E-state index contributed by atoms with van der Waals surface area (Å²) in [6.07, 6.45) is -0.636. The van der Waals surface area contributed by atoms with Crippen LogP contribution < -0.4 is 27.4 Å². The molecule has 0 aromatic heterocycles. The number of aliphatic carboxylic acids is 2. The second-order valence-corrected chi connectivity index (χ2v) is 8.67. The van der Waals surface area contributed by atoms with Crippen molar-refractivity contribution in [1.82, 2.24) is 16.0 Å². The lowest BCUT2D eigenvalue weighted by molar-refractivity contribution is -0.144. The maximum atomic E-state index is 12.9. The molecule has 0 aromatic carbocycles. The van der Waals surface area contributed by atoms with E-state index in [4.69, 9.17) is 16.6 Å². The van der Waals surface area contributed by atoms with Gasteiger partial charge in [0.05, 0.1) is 12.5 Å². The van der Waals surface area contributed by atoms with Crippen LogP contribution in [0, 0.1) is 11.8 Å². The second-order valence-electron chi connectivity index (χ2n) is 8.67. The Hall–Kier alpha value is -3.22. The van der Waals surface area contributed by atoms with Gasteiger partial charge in [0.25, 0.3) is 0 Å². The summed E-state index contributed by atoms with van der Waals surface area (Å²) in [5, 5.41) is 25.1. The van der Waals surface area contributed by atoms with E-state index in [9.17, 15) is 33.9 Å². The van der Waals surface area contributed by atoms with Gasteiger partial charge in [0.15, 0.2) is 0 Å². The molecule has 194 valence electrons. The molecule has 0 heterocycles. The molecular weight excluding hydrogens is 450 g/mol. The van der Waals surface area contributed by atoms with Gasteiger partial charge in [0, 0.05) is 6.42 Å². The Bertz CT molecular complexity index is 757. The fourth-order valence-corrected chi connectivity index (χ4v) is 3.05. The van der Waals surface area contributed by atoms with Crippen molar-refractivity contribution in [3.63, 3.8) is 0 Å². The largest absolute Gasteiger partial charge is 0.481 e. The summed E-state index contributed by atoms with van der Waals surface area (Å²) in [6, 6.07) is -5.03. The lowest BCUT2D eigenvalue weighted by Crippen LogP contribution is -2.59. The SMILES string of the molecule is CCC(C)C(NC(=O)C(CC(N)=O)NC(=O)C(N)CC(C)C)C(=O)NC(CCC(=O)O)C(=O)O. The highest BCUT2D eigenvalue weighted by Crippen LogP contribution is 2.11. The number of rotatable bonds is 16. The van der Waals surface area contributed by atoms with E-state index in [0.717, 1.165) is 0 Å². The number of hydrogen-bond acceptors (Lipinski definition) is 7. The molecule has 34 heavy (non-hydrogen) atoms. The first kappa shape index (κ1) is 30.8. The van der Waals surface area contributed by atoms with E-state index >= 15 is 0 Å². The van der Waals surface area contributed by atoms with Crippen molar-refractivity contribution >= 4 is 35.6 Å². The molecule has 0 radical (unpaired) electrons. The van der Waals surface area contributed by atoms with Crippen LogP contribution in [0.25, 0.3) is 0 Å². The molecule has 0 spiro atoms. The number of carbonyl (C=O) groups is 6. The third-order valence-electron chi connectivity index (χ3n) is 5.16. The minimum absolute atomic E-state index is 0.103. The van der Waals surface area contributed by atoms with Crippen molar-refractivity contribution in [2.24, 2.45) is 23.3 Å². The molecule has 0 saturated heterocycles. The van der Waals surface area contributed by atoms with Gasteiger partial charge in [0.2, 0.25) is 23.6 Å². The van der Waals surface area contributed by atoms with Crippen molar-refractivity contribution in [3.8, 4) is 0 Å². The Balaban J connectivity index is 5.57. The summed E-state index contributed by atoms with van der Waals surface area (Å²) < 4.78 is 0. The monoisotopic (exact) mass is 487 g/mol. The van der Waals surface area contributed by atoms with Crippen molar-refractivity contribution < 1.29 is 39.0 Å². The topological polar surface area (TPSA) is 231 Å². The number of nitrogens with two attached hydrogens (primary N) is 2. The Morgan fingerprint density at radius 1 is 0.853 bits per heavy atom. The maximum absolute atomic E-state index is 12.9. The van der Waals surface area contributed by atoms with Gasteiger partial charge in [-0.05, 0) is 24.7 Å². The molecule has 0 fully saturated rings. The average Bonchev–Trinajstić information content (AvgIpc) is 2.72. The molecule has 0 aliphatic rings. The molecule has 0 aliphatic carbocycles. The number of primary amides is 1. The quantitative estimate of drug-likeness (QED) is 0.137. The number of nitrogens with one attached hydrogen (secondary N) is 3. The number of carboxylic acid groups (broad SMARTS) is 2. The van der Waals surface area contributed by atoms with Gasteiger partial charge in [-0.25, -0.2) is 4.79 Å². The zero-order valence-corrected chi connectivity index (χ0v) is 20.0. The van der Waals surface area contributed by atoms with E-state index in [1.165, 1.54) is 0 Å². The van der Waals surface area contributed by atoms with Crippen LogP contribution in [0.3, 0.4) is 0 Å². The van der Waals surface area contributed by atoms with E-state index in [0.29, 0.717) is 12.8 Å². The lowest BCUT2D eigenvalue weighted by atomic mass is 9.97. The lowest BCUT2D eigenvalue weighted by Gasteiger charge is -2.28. The van der Waals surface area contributed by atoms with Crippen LogP contribution in [-0.4, -0.2) is 69.9 Å². The van der Waals surface area contributed by atoms with Gasteiger partial charge >= 0.3 is 11.9 Å². The van der Waals surface area contributed by atoms with Crippen molar-refractivity contribution in [2.75, 3.05) is 0 Å². The van der Waals surface area contributed by atoms with E-state index in [-0.39, 0.29) is 12.3 Å². The van der Waals surface area contributed by atoms with Gasteiger partial charge < -0.3 is 37.6 Å². The maximum Gasteiger partial charge on any atom is 0.326 e. The van der Waals surface area contributed by atoms with Crippen LogP contribution in [0.15, 0.2) is 0 Å². The summed E-state index contributed by atoms with van der Waals surface area (Å²) >= 11 is 0. The first-order valence-electron chi connectivity index (χ1n) is 11.1. The predicted molar refractivity (Wildman–Crippen MR) is 121 cm³/mol. The zero-order valence-electron chi connectivity index (χ0n) is 20.0. The molecule has 4 amide bonds. The van der Waals surface area contributed by atoms with E-state index in [1.807, 2.05) is 13.8 Å². The second kappa shape index (κ2) is 14.8. The smallest absolute Gasteiger partial charge is 0.326 e. The van der Waals surface area contributed by atoms with Crippen LogP contribution in [-0.2, 0) is 28.8 Å². The van der Waals surface area contributed by atoms with Crippen LogP contribution in [0.1, 0.15) is 59.8 Å². The van der Waals surface area contributed by atoms with Gasteiger partial charge in [0.1, 0.15) is 18.1 Å². The molecular formula is C21H37N5O8. The number of hydrogen-bond donors (Lipinski definition) is 7. The molecule has 13 heteroatoms. The van der Waals surface area contributed by atoms with Crippen molar-refractivity contribution in [1.29, 1.82) is 0 Å². The standard InChI is InChI=1S/C21H37N5O8/c1-5-11(4)17(20(32)24-13(21(33)34)6-7-16(28)29)26-19(31)14(9-15(23)27)25-18(30)12(22)8-10(2)3/h10-14,17H,5-9,22H2,1-4H3,(H2,23,27)(H,24,32)(H,25,30)(H,26,31)(H,28,29)(H,33,34). The molecule has 5 atom stereocenters. The minimum atomic E-state index is -1.48. The summed E-state index contributed by atoms with van der Waals surface area (Å²) in [7, 11) is 0. The summed E-state index contributed by atoms with van der Waals surface area (Å²) in [5.74, 6) is -6.28. The first-order valence-corrected chi connectivity index (χ1v) is 11.1. The Morgan fingerprint density at radius 2 is 1.41 bits per heavy atom. The Kier molecular flexibility index (Phi) is 13.4. The van der Waals surface area contributed by atoms with Crippen molar-refractivity contribution in [3.05, 3.63) is 0 Å². The fourth-order valence-electron chi connectivity index (χ4n) is 3.05. The highest BCUT2D eigenvalue weighted by molar-refractivity contribution is 5.96. The van der Waals surface area contributed by atoms with Gasteiger partial charge in [-0.1, -0.05) is 34.1 Å². The highest BCUT2D eigenvalue weighted by atomic mass is 16.4. The van der Waals surface area contributed by atoms with Gasteiger partial charge in [-0.2, -0.15) is 0 Å². The summed E-state index contributed by atoms with van der Waals surface area (Å²) in [5.41, 5.74) is 11.0. The predicted octanol–water partition coefficient (Wildman–Crippen LogP) is -1.31. The third-order valence-corrected chi connectivity index (χ3v) is 5.16. The van der Waals surface area contributed by atoms with Gasteiger partial charge in [-0.15, -0.1) is 0 Å². The number of amides is 4. The van der Waals surface area contributed by atoms with Crippen LogP contribution in [0.4, 0.5) is 0 Å². The Labute approximate surface area is 198 Å². The minimum Gasteiger partial charge on any atom is -0.481 e.